The maximum absolute atomic E-state index is 12.2. The third kappa shape index (κ3) is 4.79. The van der Waals surface area contributed by atoms with Crippen molar-refractivity contribution in [1.29, 1.82) is 0 Å². The van der Waals surface area contributed by atoms with E-state index in [1.807, 2.05) is 25.1 Å². The van der Waals surface area contributed by atoms with E-state index in [0.717, 1.165) is 16.3 Å². The van der Waals surface area contributed by atoms with Crippen LogP contribution in [0.1, 0.15) is 43.5 Å². The lowest BCUT2D eigenvalue weighted by atomic mass is 9.93. The second kappa shape index (κ2) is 7.13. The Morgan fingerprint density at radius 2 is 2.09 bits per heavy atom. The van der Waals surface area contributed by atoms with Gasteiger partial charge in [0.15, 0.2) is 0 Å². The largest absolute Gasteiger partial charge is 0.495 e. The van der Waals surface area contributed by atoms with Gasteiger partial charge in [-0.05, 0) is 24.6 Å². The van der Waals surface area contributed by atoms with Crippen LogP contribution in [0.5, 0.6) is 5.75 Å². The zero-order chi connectivity index (χ0) is 17.0. The Hall–Kier alpha value is -1.88. The van der Waals surface area contributed by atoms with Gasteiger partial charge in [0.05, 0.1) is 23.5 Å². The molecule has 1 heterocycles. The number of ether oxygens (including phenoxy) is 1. The highest BCUT2D eigenvalue weighted by Gasteiger charge is 2.17. The Morgan fingerprint density at radius 1 is 1.35 bits per heavy atom. The summed E-state index contributed by atoms with van der Waals surface area (Å²) < 4.78 is 5.28. The lowest BCUT2D eigenvalue weighted by Crippen LogP contribution is -2.14. The van der Waals surface area contributed by atoms with Crippen molar-refractivity contribution in [2.24, 2.45) is 0 Å². The number of nitrogens with zero attached hydrogens (tertiary/aromatic N) is 1. The zero-order valence-corrected chi connectivity index (χ0v) is 15.2. The van der Waals surface area contributed by atoms with Crippen molar-refractivity contribution in [2.45, 2.75) is 46.0 Å². The number of hydrogen-bond donors (Lipinski definition) is 1. The Bertz CT molecular complexity index is 687. The lowest BCUT2D eigenvalue weighted by molar-refractivity contribution is -0.116. The number of carbonyl (C=O) groups is 1. The van der Waals surface area contributed by atoms with Crippen LogP contribution in [0.2, 0.25) is 0 Å². The average molecular weight is 332 g/mol. The van der Waals surface area contributed by atoms with E-state index in [4.69, 9.17) is 4.74 Å². The summed E-state index contributed by atoms with van der Waals surface area (Å²) in [4.78, 5) is 16.8. The summed E-state index contributed by atoms with van der Waals surface area (Å²) in [6.07, 6.45) is 1.06. The number of aryl methyl sites for hydroxylation is 2. The molecule has 0 aliphatic carbocycles. The molecule has 0 spiro atoms. The second-order valence-electron chi connectivity index (χ2n) is 6.63. The van der Waals surface area contributed by atoms with E-state index in [1.54, 1.807) is 18.4 Å². The molecule has 2 aromatic rings. The molecule has 0 saturated heterocycles. The number of thiazole rings is 1. The molecule has 0 radical (unpaired) electrons. The number of nitrogens with one attached hydrogen (secondary N) is 1. The van der Waals surface area contributed by atoms with Crippen molar-refractivity contribution in [2.75, 3.05) is 12.4 Å². The molecule has 0 fully saturated rings. The van der Waals surface area contributed by atoms with E-state index < -0.39 is 0 Å². The number of hydrogen-bond acceptors (Lipinski definition) is 4. The van der Waals surface area contributed by atoms with Crippen LogP contribution < -0.4 is 10.1 Å². The molecule has 1 amide bonds. The maximum Gasteiger partial charge on any atom is 0.224 e. The summed E-state index contributed by atoms with van der Waals surface area (Å²) in [5, 5.41) is 6.00. The van der Waals surface area contributed by atoms with Crippen LogP contribution in [0.15, 0.2) is 23.6 Å². The highest BCUT2D eigenvalue weighted by atomic mass is 32.1. The topological polar surface area (TPSA) is 51.2 Å². The summed E-state index contributed by atoms with van der Waals surface area (Å²) in [5.74, 6) is 0.648. The summed E-state index contributed by atoms with van der Waals surface area (Å²) in [7, 11) is 1.60. The smallest absolute Gasteiger partial charge is 0.224 e. The van der Waals surface area contributed by atoms with Gasteiger partial charge in [-0.1, -0.05) is 26.8 Å². The third-order valence-electron chi connectivity index (χ3n) is 3.52. The quantitative estimate of drug-likeness (QED) is 0.886. The van der Waals surface area contributed by atoms with Gasteiger partial charge in [0.2, 0.25) is 5.91 Å². The fraction of sp³-hybridized carbons (Fsp3) is 0.444. The maximum atomic E-state index is 12.2. The van der Waals surface area contributed by atoms with E-state index in [-0.39, 0.29) is 11.3 Å². The highest BCUT2D eigenvalue weighted by Crippen LogP contribution is 2.26. The van der Waals surface area contributed by atoms with Crippen molar-refractivity contribution >= 4 is 22.9 Å². The molecule has 0 aliphatic rings. The van der Waals surface area contributed by atoms with Crippen molar-refractivity contribution < 1.29 is 9.53 Å². The van der Waals surface area contributed by atoms with E-state index in [2.05, 4.69) is 36.5 Å². The molecule has 23 heavy (non-hydrogen) atoms. The summed E-state index contributed by atoms with van der Waals surface area (Å²) in [5.41, 5.74) is 2.92. The van der Waals surface area contributed by atoms with Gasteiger partial charge in [-0.15, -0.1) is 11.3 Å². The fourth-order valence-electron chi connectivity index (χ4n) is 2.12. The fourth-order valence-corrected chi connectivity index (χ4v) is 3.15. The van der Waals surface area contributed by atoms with Gasteiger partial charge in [-0.2, -0.15) is 0 Å². The molecule has 0 saturated carbocycles. The molecule has 124 valence electrons. The molecule has 5 heteroatoms. The number of rotatable bonds is 5. The number of carbonyl (C=O) groups excluding carboxylic acids is 1. The van der Waals surface area contributed by atoms with Crippen LogP contribution in [0.3, 0.4) is 0 Å². The van der Waals surface area contributed by atoms with Crippen LogP contribution >= 0.6 is 11.3 Å². The van der Waals surface area contributed by atoms with Crippen molar-refractivity contribution in [3.63, 3.8) is 0 Å². The molecule has 0 bridgehead atoms. The first-order valence-corrected chi connectivity index (χ1v) is 8.57. The van der Waals surface area contributed by atoms with Gasteiger partial charge >= 0.3 is 0 Å². The third-order valence-corrected chi connectivity index (χ3v) is 4.42. The number of methoxy groups -OCH3 is 1. The molecule has 1 aromatic heterocycles. The predicted molar refractivity (Wildman–Crippen MR) is 95.5 cm³/mol. The molecular weight excluding hydrogens is 308 g/mol. The minimum atomic E-state index is -0.0265. The minimum Gasteiger partial charge on any atom is -0.495 e. The van der Waals surface area contributed by atoms with Crippen LogP contribution in [0.4, 0.5) is 5.69 Å². The molecular formula is C18H24N2O2S. The molecule has 1 aromatic carbocycles. The van der Waals surface area contributed by atoms with Crippen LogP contribution in [-0.2, 0) is 16.6 Å². The molecule has 0 aliphatic heterocycles. The number of anilines is 1. The minimum absolute atomic E-state index is 0.0265. The monoisotopic (exact) mass is 332 g/mol. The van der Waals surface area contributed by atoms with Gasteiger partial charge in [0, 0.05) is 23.6 Å². The highest BCUT2D eigenvalue weighted by molar-refractivity contribution is 7.09. The summed E-state index contributed by atoms with van der Waals surface area (Å²) in [6.45, 7) is 8.41. The Morgan fingerprint density at radius 3 is 2.70 bits per heavy atom. The molecule has 1 N–H and O–H groups in total. The van der Waals surface area contributed by atoms with Crippen molar-refractivity contribution in [3.05, 3.63) is 39.8 Å². The Balaban J connectivity index is 1.95. The Kier molecular flexibility index (Phi) is 5.42. The van der Waals surface area contributed by atoms with E-state index >= 15 is 0 Å². The van der Waals surface area contributed by atoms with Gasteiger partial charge in [-0.25, -0.2) is 4.98 Å². The summed E-state index contributed by atoms with van der Waals surface area (Å²) >= 11 is 1.62. The second-order valence-corrected chi connectivity index (χ2v) is 7.57. The van der Waals surface area contributed by atoms with E-state index in [9.17, 15) is 4.79 Å². The van der Waals surface area contributed by atoms with Gasteiger partial charge < -0.3 is 10.1 Å². The standard InChI is InChI=1S/C18H24N2O2S/c1-12-6-7-14(22-5)13(10-12)19-16(21)8-9-17-20-15(11-23-17)18(2,3)4/h6-7,10-11H,8-9H2,1-5H3,(H,19,21). The molecule has 0 atom stereocenters. The van der Waals surface area contributed by atoms with Crippen LogP contribution in [0, 0.1) is 6.92 Å². The van der Waals surface area contributed by atoms with Crippen LogP contribution in [-0.4, -0.2) is 18.0 Å². The van der Waals surface area contributed by atoms with Gasteiger partial charge in [-0.3, -0.25) is 4.79 Å². The van der Waals surface area contributed by atoms with E-state index in [0.29, 0.717) is 24.3 Å². The van der Waals surface area contributed by atoms with E-state index in [1.165, 1.54) is 0 Å². The SMILES string of the molecule is COc1ccc(C)cc1NC(=O)CCc1nc(C(C)(C)C)cs1. The Labute approximate surface area is 141 Å². The molecule has 2 rings (SSSR count). The van der Waals surface area contributed by atoms with Crippen molar-refractivity contribution in [3.8, 4) is 5.75 Å². The van der Waals surface area contributed by atoms with Gasteiger partial charge in [0.25, 0.3) is 0 Å². The lowest BCUT2D eigenvalue weighted by Gasteiger charge is -2.14. The average Bonchev–Trinajstić information content (AvgIpc) is 2.94. The van der Waals surface area contributed by atoms with Crippen LogP contribution in [0.25, 0.3) is 0 Å². The number of aromatic nitrogens is 1. The first kappa shape index (κ1) is 17.5. The normalized spacial score (nSPS) is 11.3. The molecule has 0 unspecified atom stereocenters. The first-order chi connectivity index (χ1) is 10.8. The predicted octanol–water partition coefficient (Wildman–Crippen LogP) is 4.33. The first-order valence-electron chi connectivity index (χ1n) is 7.69. The van der Waals surface area contributed by atoms with Crippen molar-refractivity contribution in [1.82, 2.24) is 4.98 Å². The summed E-state index contributed by atoms with van der Waals surface area (Å²) in [6, 6.07) is 5.73. The number of amides is 1. The van der Waals surface area contributed by atoms with Gasteiger partial charge in [0.1, 0.15) is 5.75 Å². The number of benzene rings is 1. The zero-order valence-electron chi connectivity index (χ0n) is 14.4. The molecule has 4 nitrogen and oxygen atoms in total.